The molecule has 0 aliphatic carbocycles. The molecule has 84 valence electrons. The maximum absolute atomic E-state index is 13.5. The van der Waals surface area contributed by atoms with Crippen molar-refractivity contribution in [2.75, 3.05) is 6.54 Å². The van der Waals surface area contributed by atoms with Gasteiger partial charge in [-0.1, -0.05) is 12.1 Å². The number of benzene rings is 1. The summed E-state index contributed by atoms with van der Waals surface area (Å²) >= 11 is 0. The van der Waals surface area contributed by atoms with E-state index in [9.17, 15) is 4.39 Å². The smallest absolute Gasteiger partial charge is 0.196 e. The Morgan fingerprint density at radius 1 is 1.38 bits per heavy atom. The molecule has 4 heteroatoms. The molecule has 0 bridgehead atoms. The summed E-state index contributed by atoms with van der Waals surface area (Å²) in [6.45, 7) is 2.24. The molecule has 0 aliphatic rings. The van der Waals surface area contributed by atoms with Gasteiger partial charge in [-0.25, -0.2) is 9.37 Å². The van der Waals surface area contributed by atoms with Crippen molar-refractivity contribution < 1.29 is 8.81 Å². The first kappa shape index (κ1) is 10.8. The topological polar surface area (TPSA) is 52.0 Å². The van der Waals surface area contributed by atoms with Gasteiger partial charge in [0.25, 0.3) is 0 Å². The summed E-state index contributed by atoms with van der Waals surface area (Å²) in [5, 5.41) is 0. The second-order valence-electron chi connectivity index (χ2n) is 3.53. The first-order valence-electron chi connectivity index (χ1n) is 5.13. The van der Waals surface area contributed by atoms with Crippen molar-refractivity contribution in [2.45, 2.75) is 13.3 Å². The van der Waals surface area contributed by atoms with E-state index in [2.05, 4.69) is 4.98 Å². The summed E-state index contributed by atoms with van der Waals surface area (Å²) in [6.07, 6.45) is 0.565. The molecule has 3 nitrogen and oxygen atoms in total. The van der Waals surface area contributed by atoms with E-state index >= 15 is 0 Å². The van der Waals surface area contributed by atoms with E-state index in [1.54, 1.807) is 25.1 Å². The van der Waals surface area contributed by atoms with Gasteiger partial charge in [-0.3, -0.25) is 0 Å². The quantitative estimate of drug-likeness (QED) is 0.863. The zero-order valence-electron chi connectivity index (χ0n) is 9.03. The highest BCUT2D eigenvalue weighted by atomic mass is 19.1. The number of hydrogen-bond acceptors (Lipinski definition) is 3. The van der Waals surface area contributed by atoms with Gasteiger partial charge in [0.2, 0.25) is 0 Å². The molecular weight excluding hydrogens is 207 g/mol. The van der Waals surface area contributed by atoms with Crippen molar-refractivity contribution >= 4 is 0 Å². The van der Waals surface area contributed by atoms with E-state index in [0.29, 0.717) is 35.9 Å². The van der Waals surface area contributed by atoms with Gasteiger partial charge in [-0.05, 0) is 19.1 Å². The Morgan fingerprint density at radius 2 is 2.12 bits per heavy atom. The molecule has 0 atom stereocenters. The third kappa shape index (κ3) is 1.97. The van der Waals surface area contributed by atoms with Gasteiger partial charge in [0.15, 0.2) is 5.89 Å². The molecule has 0 spiro atoms. The Bertz CT molecular complexity index is 494. The Kier molecular flexibility index (Phi) is 3.01. The van der Waals surface area contributed by atoms with E-state index in [1.165, 1.54) is 6.07 Å². The van der Waals surface area contributed by atoms with Crippen LogP contribution in [0.3, 0.4) is 0 Å². The zero-order valence-corrected chi connectivity index (χ0v) is 9.03. The fourth-order valence-electron chi connectivity index (χ4n) is 1.58. The first-order chi connectivity index (χ1) is 7.72. The molecule has 0 saturated carbocycles. The summed E-state index contributed by atoms with van der Waals surface area (Å²) in [4.78, 5) is 4.24. The van der Waals surface area contributed by atoms with Gasteiger partial charge in [0.1, 0.15) is 17.3 Å². The van der Waals surface area contributed by atoms with Crippen LogP contribution in [0.4, 0.5) is 4.39 Å². The van der Waals surface area contributed by atoms with E-state index in [-0.39, 0.29) is 5.82 Å². The molecule has 0 amide bonds. The second-order valence-corrected chi connectivity index (χ2v) is 3.53. The summed E-state index contributed by atoms with van der Waals surface area (Å²) in [7, 11) is 0. The highest BCUT2D eigenvalue weighted by Gasteiger charge is 2.13. The van der Waals surface area contributed by atoms with Crippen LogP contribution in [-0.4, -0.2) is 11.5 Å². The average molecular weight is 220 g/mol. The van der Waals surface area contributed by atoms with Gasteiger partial charge in [-0.2, -0.15) is 0 Å². The lowest BCUT2D eigenvalue weighted by molar-refractivity contribution is 0.473. The first-order valence-corrected chi connectivity index (χ1v) is 5.13. The molecule has 0 fully saturated rings. The van der Waals surface area contributed by atoms with Crippen LogP contribution in [0.2, 0.25) is 0 Å². The van der Waals surface area contributed by atoms with Crippen LogP contribution in [0.15, 0.2) is 28.7 Å². The molecule has 2 rings (SSSR count). The molecule has 2 aromatic rings. The van der Waals surface area contributed by atoms with Crippen molar-refractivity contribution in [2.24, 2.45) is 5.73 Å². The number of oxazole rings is 1. The van der Waals surface area contributed by atoms with Gasteiger partial charge in [0.05, 0.1) is 0 Å². The van der Waals surface area contributed by atoms with E-state index in [4.69, 9.17) is 10.2 Å². The lowest BCUT2D eigenvalue weighted by atomic mass is 10.1. The summed E-state index contributed by atoms with van der Waals surface area (Å²) in [6, 6.07) is 6.52. The van der Waals surface area contributed by atoms with E-state index in [1.807, 2.05) is 0 Å². The molecule has 1 heterocycles. The predicted octanol–water partition coefficient (Wildman–Crippen LogP) is 2.29. The SMILES string of the molecule is Cc1oc(CCN)nc1-c1ccccc1F. The largest absolute Gasteiger partial charge is 0.445 e. The highest BCUT2D eigenvalue weighted by molar-refractivity contribution is 5.61. The van der Waals surface area contributed by atoms with Crippen LogP contribution in [0.1, 0.15) is 11.7 Å². The number of aryl methyl sites for hydroxylation is 1. The van der Waals surface area contributed by atoms with Crippen LogP contribution in [0, 0.1) is 12.7 Å². The molecule has 16 heavy (non-hydrogen) atoms. The standard InChI is InChI=1S/C12H13FN2O/c1-8-12(15-11(16-8)6-7-14)9-4-2-3-5-10(9)13/h2-5H,6-7,14H2,1H3. The third-order valence-electron chi connectivity index (χ3n) is 2.33. The molecule has 0 radical (unpaired) electrons. The van der Waals surface area contributed by atoms with Crippen LogP contribution in [0.5, 0.6) is 0 Å². The lowest BCUT2D eigenvalue weighted by Crippen LogP contribution is -2.02. The molecule has 1 aromatic heterocycles. The maximum atomic E-state index is 13.5. The highest BCUT2D eigenvalue weighted by Crippen LogP contribution is 2.25. The minimum absolute atomic E-state index is 0.293. The van der Waals surface area contributed by atoms with Crippen LogP contribution >= 0.6 is 0 Å². The predicted molar refractivity (Wildman–Crippen MR) is 59.4 cm³/mol. The van der Waals surface area contributed by atoms with Crippen LogP contribution in [-0.2, 0) is 6.42 Å². The van der Waals surface area contributed by atoms with Gasteiger partial charge < -0.3 is 10.2 Å². The van der Waals surface area contributed by atoms with E-state index in [0.717, 1.165) is 0 Å². The lowest BCUT2D eigenvalue weighted by Gasteiger charge is -1.98. The number of nitrogens with two attached hydrogens (primary N) is 1. The van der Waals surface area contributed by atoms with Crippen molar-refractivity contribution in [1.82, 2.24) is 4.98 Å². The monoisotopic (exact) mass is 220 g/mol. The Hall–Kier alpha value is -1.68. The summed E-state index contributed by atoms with van der Waals surface area (Å²) < 4.78 is 19.0. The molecule has 1 aromatic carbocycles. The van der Waals surface area contributed by atoms with Crippen molar-refractivity contribution in [3.63, 3.8) is 0 Å². The van der Waals surface area contributed by atoms with Gasteiger partial charge >= 0.3 is 0 Å². The molecular formula is C12H13FN2O. The number of halogens is 1. The fourth-order valence-corrected chi connectivity index (χ4v) is 1.58. The van der Waals surface area contributed by atoms with Gasteiger partial charge in [0, 0.05) is 18.5 Å². The minimum Gasteiger partial charge on any atom is -0.445 e. The molecule has 0 aliphatic heterocycles. The van der Waals surface area contributed by atoms with Crippen molar-refractivity contribution in [1.29, 1.82) is 0 Å². The normalized spacial score (nSPS) is 10.7. The Morgan fingerprint density at radius 3 is 2.81 bits per heavy atom. The van der Waals surface area contributed by atoms with Crippen molar-refractivity contribution in [3.05, 3.63) is 41.7 Å². The van der Waals surface area contributed by atoms with Gasteiger partial charge in [-0.15, -0.1) is 0 Å². The van der Waals surface area contributed by atoms with Crippen molar-refractivity contribution in [3.8, 4) is 11.3 Å². The second kappa shape index (κ2) is 4.45. The van der Waals surface area contributed by atoms with E-state index < -0.39 is 0 Å². The van der Waals surface area contributed by atoms with Crippen LogP contribution in [0.25, 0.3) is 11.3 Å². The maximum Gasteiger partial charge on any atom is 0.196 e. The molecule has 2 N–H and O–H groups in total. The Labute approximate surface area is 93.1 Å². The van der Waals surface area contributed by atoms with Crippen LogP contribution < -0.4 is 5.73 Å². The molecule has 0 saturated heterocycles. The average Bonchev–Trinajstić information content (AvgIpc) is 2.61. The summed E-state index contributed by atoms with van der Waals surface area (Å²) in [5.41, 5.74) is 6.44. The zero-order chi connectivity index (χ0) is 11.5. The minimum atomic E-state index is -0.293. The fraction of sp³-hybridized carbons (Fsp3) is 0.250. The third-order valence-corrected chi connectivity index (χ3v) is 2.33. The number of nitrogens with zero attached hydrogens (tertiary/aromatic N) is 1. The number of aromatic nitrogens is 1. The summed E-state index contributed by atoms with van der Waals surface area (Å²) in [5.74, 6) is 0.880. The number of rotatable bonds is 3. The number of hydrogen-bond donors (Lipinski definition) is 1. The molecule has 0 unspecified atom stereocenters. The Balaban J connectivity index is 2.44.